The second kappa shape index (κ2) is 6.30. The highest BCUT2D eigenvalue weighted by Crippen LogP contribution is 2.12. The molecule has 84 valence electrons. The van der Waals surface area contributed by atoms with E-state index in [-0.39, 0.29) is 0 Å². The summed E-state index contributed by atoms with van der Waals surface area (Å²) in [5.74, 6) is 0. The van der Waals surface area contributed by atoms with E-state index in [1.807, 2.05) is 7.05 Å². The molecule has 0 aliphatic carbocycles. The Labute approximate surface area is 92.5 Å². The molecule has 0 aliphatic rings. The molecular formula is C12H21N3. The van der Waals surface area contributed by atoms with E-state index in [9.17, 15) is 0 Å². The molecule has 0 saturated carbocycles. The third-order valence-electron chi connectivity index (χ3n) is 2.28. The van der Waals surface area contributed by atoms with Gasteiger partial charge in [0.15, 0.2) is 0 Å². The molecule has 1 aromatic carbocycles. The summed E-state index contributed by atoms with van der Waals surface area (Å²) >= 11 is 0. The van der Waals surface area contributed by atoms with Gasteiger partial charge in [-0.2, -0.15) is 0 Å². The topological polar surface area (TPSA) is 27.3 Å². The normalized spacial score (nSPS) is 10.4. The first-order chi connectivity index (χ1) is 7.22. The Kier molecular flexibility index (Phi) is 4.98. The molecule has 0 aromatic heterocycles. The number of nitrogens with zero attached hydrogens (tertiary/aromatic N) is 1. The lowest BCUT2D eigenvalue weighted by Gasteiger charge is -2.10. The van der Waals surface area contributed by atoms with Crippen molar-refractivity contribution in [3.63, 3.8) is 0 Å². The largest absolute Gasteiger partial charge is 0.388 e. The lowest BCUT2D eigenvalue weighted by Crippen LogP contribution is -2.16. The molecule has 0 unspecified atom stereocenters. The molecule has 0 saturated heterocycles. The summed E-state index contributed by atoms with van der Waals surface area (Å²) in [6, 6.07) is 8.35. The molecule has 1 rings (SSSR count). The molecule has 0 fully saturated rings. The zero-order valence-electron chi connectivity index (χ0n) is 9.88. The van der Waals surface area contributed by atoms with E-state index in [0.29, 0.717) is 0 Å². The van der Waals surface area contributed by atoms with Gasteiger partial charge in [0.05, 0.1) is 0 Å². The van der Waals surface area contributed by atoms with E-state index in [1.165, 1.54) is 12.1 Å². The molecule has 0 amide bonds. The fraction of sp³-hybridized carbons (Fsp3) is 0.500. The molecule has 3 heteroatoms. The van der Waals surface area contributed by atoms with E-state index in [4.69, 9.17) is 0 Å². The maximum atomic E-state index is 3.40. The Morgan fingerprint density at radius 1 is 1.07 bits per heavy atom. The van der Waals surface area contributed by atoms with Crippen LogP contribution in [0.2, 0.25) is 0 Å². The third kappa shape index (κ3) is 4.70. The van der Waals surface area contributed by atoms with Gasteiger partial charge in [0.2, 0.25) is 0 Å². The maximum Gasteiger partial charge on any atom is 0.0341 e. The van der Waals surface area contributed by atoms with Gasteiger partial charge in [0.1, 0.15) is 0 Å². The van der Waals surface area contributed by atoms with Gasteiger partial charge >= 0.3 is 0 Å². The van der Waals surface area contributed by atoms with Crippen LogP contribution in [0.1, 0.15) is 6.42 Å². The molecule has 0 bridgehead atoms. The van der Waals surface area contributed by atoms with Crippen LogP contribution in [0.4, 0.5) is 11.4 Å². The minimum absolute atomic E-state index is 1.02. The van der Waals surface area contributed by atoms with Crippen molar-refractivity contribution < 1.29 is 0 Å². The predicted molar refractivity (Wildman–Crippen MR) is 67.6 cm³/mol. The SMILES string of the molecule is CNc1ccc(NCCCN(C)C)cc1. The summed E-state index contributed by atoms with van der Waals surface area (Å²) in [6.45, 7) is 2.15. The molecular weight excluding hydrogens is 186 g/mol. The highest BCUT2D eigenvalue weighted by molar-refractivity contribution is 5.53. The summed E-state index contributed by atoms with van der Waals surface area (Å²) in [5.41, 5.74) is 2.33. The molecule has 0 radical (unpaired) electrons. The van der Waals surface area contributed by atoms with Crippen LogP contribution in [0.5, 0.6) is 0 Å². The van der Waals surface area contributed by atoms with Crippen molar-refractivity contribution in [3.05, 3.63) is 24.3 Å². The Bertz CT molecular complexity index is 267. The average molecular weight is 207 g/mol. The zero-order valence-corrected chi connectivity index (χ0v) is 9.88. The van der Waals surface area contributed by atoms with E-state index in [1.54, 1.807) is 0 Å². The number of anilines is 2. The van der Waals surface area contributed by atoms with E-state index in [0.717, 1.165) is 18.8 Å². The number of nitrogens with one attached hydrogen (secondary N) is 2. The van der Waals surface area contributed by atoms with Gasteiger partial charge in [-0.05, 0) is 51.3 Å². The summed E-state index contributed by atoms with van der Waals surface area (Å²) in [7, 11) is 6.13. The summed E-state index contributed by atoms with van der Waals surface area (Å²) in [6.07, 6.45) is 1.17. The molecule has 0 spiro atoms. The van der Waals surface area contributed by atoms with Crippen LogP contribution in [-0.2, 0) is 0 Å². The van der Waals surface area contributed by atoms with Crippen molar-refractivity contribution in [3.8, 4) is 0 Å². The predicted octanol–water partition coefficient (Wildman–Crippen LogP) is 2.09. The smallest absolute Gasteiger partial charge is 0.0341 e. The molecule has 3 nitrogen and oxygen atoms in total. The Morgan fingerprint density at radius 2 is 1.67 bits per heavy atom. The second-order valence-corrected chi connectivity index (χ2v) is 3.91. The highest BCUT2D eigenvalue weighted by atomic mass is 15.1. The van der Waals surface area contributed by atoms with Gasteiger partial charge in [-0.25, -0.2) is 0 Å². The third-order valence-corrected chi connectivity index (χ3v) is 2.28. The van der Waals surface area contributed by atoms with E-state index >= 15 is 0 Å². The van der Waals surface area contributed by atoms with Crippen LogP contribution in [0.3, 0.4) is 0 Å². The van der Waals surface area contributed by atoms with E-state index in [2.05, 4.69) is 53.9 Å². The number of rotatable bonds is 6. The number of benzene rings is 1. The first kappa shape index (κ1) is 11.9. The lowest BCUT2D eigenvalue weighted by atomic mass is 10.2. The van der Waals surface area contributed by atoms with Crippen LogP contribution in [0.15, 0.2) is 24.3 Å². The first-order valence-electron chi connectivity index (χ1n) is 5.39. The van der Waals surface area contributed by atoms with Gasteiger partial charge in [-0.15, -0.1) is 0 Å². The van der Waals surface area contributed by atoms with Crippen LogP contribution in [0.25, 0.3) is 0 Å². The monoisotopic (exact) mass is 207 g/mol. The van der Waals surface area contributed by atoms with Crippen LogP contribution in [0, 0.1) is 0 Å². The van der Waals surface area contributed by atoms with Crippen LogP contribution in [-0.4, -0.2) is 39.1 Å². The molecule has 1 aromatic rings. The number of hydrogen-bond donors (Lipinski definition) is 2. The van der Waals surface area contributed by atoms with Gasteiger partial charge in [0, 0.05) is 25.0 Å². The lowest BCUT2D eigenvalue weighted by molar-refractivity contribution is 0.405. The highest BCUT2D eigenvalue weighted by Gasteiger charge is 1.93. The summed E-state index contributed by atoms with van der Waals surface area (Å²) < 4.78 is 0. The molecule has 2 N–H and O–H groups in total. The quantitative estimate of drug-likeness (QED) is 0.699. The Hall–Kier alpha value is -1.22. The van der Waals surface area contributed by atoms with Crippen molar-refractivity contribution in [1.29, 1.82) is 0 Å². The molecule has 0 aliphatic heterocycles. The molecule has 0 atom stereocenters. The Balaban J connectivity index is 2.25. The van der Waals surface area contributed by atoms with Crippen molar-refractivity contribution in [2.24, 2.45) is 0 Å². The summed E-state index contributed by atoms with van der Waals surface area (Å²) in [4.78, 5) is 2.20. The molecule has 0 heterocycles. The summed E-state index contributed by atoms with van der Waals surface area (Å²) in [5, 5.41) is 6.50. The first-order valence-corrected chi connectivity index (χ1v) is 5.39. The van der Waals surface area contributed by atoms with Crippen molar-refractivity contribution >= 4 is 11.4 Å². The minimum atomic E-state index is 1.02. The van der Waals surface area contributed by atoms with Gasteiger partial charge in [0.25, 0.3) is 0 Å². The number of hydrogen-bond acceptors (Lipinski definition) is 3. The Morgan fingerprint density at radius 3 is 2.20 bits per heavy atom. The van der Waals surface area contributed by atoms with Crippen molar-refractivity contribution in [2.75, 3.05) is 44.9 Å². The maximum absolute atomic E-state index is 3.40. The van der Waals surface area contributed by atoms with Crippen molar-refractivity contribution in [2.45, 2.75) is 6.42 Å². The average Bonchev–Trinajstić information content (AvgIpc) is 2.25. The van der Waals surface area contributed by atoms with E-state index < -0.39 is 0 Å². The van der Waals surface area contributed by atoms with Crippen LogP contribution >= 0.6 is 0 Å². The second-order valence-electron chi connectivity index (χ2n) is 3.91. The van der Waals surface area contributed by atoms with Crippen LogP contribution < -0.4 is 10.6 Å². The van der Waals surface area contributed by atoms with Gasteiger partial charge < -0.3 is 15.5 Å². The van der Waals surface area contributed by atoms with Gasteiger partial charge in [-0.1, -0.05) is 0 Å². The fourth-order valence-electron chi connectivity index (χ4n) is 1.38. The minimum Gasteiger partial charge on any atom is -0.388 e. The standard InChI is InChI=1S/C12H21N3/c1-13-11-5-7-12(8-6-11)14-9-4-10-15(2)3/h5-8,13-14H,4,9-10H2,1-3H3. The van der Waals surface area contributed by atoms with Gasteiger partial charge in [-0.3, -0.25) is 0 Å². The zero-order chi connectivity index (χ0) is 11.1. The van der Waals surface area contributed by atoms with Crippen molar-refractivity contribution in [1.82, 2.24) is 4.90 Å². The fourth-order valence-corrected chi connectivity index (χ4v) is 1.38. The molecule has 15 heavy (non-hydrogen) atoms.